The number of hydrogen-bond donors (Lipinski definition) is 0. The Bertz CT molecular complexity index is 655. The van der Waals surface area contributed by atoms with Crippen molar-refractivity contribution in [2.75, 3.05) is 13.7 Å². The van der Waals surface area contributed by atoms with E-state index in [-0.39, 0.29) is 6.42 Å². The molecule has 1 aliphatic rings. The first-order valence-corrected chi connectivity index (χ1v) is 7.12. The molecule has 1 aromatic carbocycles. The summed E-state index contributed by atoms with van der Waals surface area (Å²) in [6, 6.07) is 6.70. The lowest BCUT2D eigenvalue weighted by molar-refractivity contribution is -0.150. The minimum atomic E-state index is -2.45. The van der Waals surface area contributed by atoms with Gasteiger partial charge < -0.3 is 14.2 Å². The van der Waals surface area contributed by atoms with E-state index in [9.17, 15) is 22.8 Å². The summed E-state index contributed by atoms with van der Waals surface area (Å²) >= 11 is 0. The molecular formula is C16H15F3O5. The summed E-state index contributed by atoms with van der Waals surface area (Å²) < 4.78 is 51.8. The topological polar surface area (TPSA) is 61.8 Å². The van der Waals surface area contributed by atoms with Crippen LogP contribution in [0.25, 0.3) is 0 Å². The number of para-hydroxylation sites is 1. The van der Waals surface area contributed by atoms with Gasteiger partial charge in [-0.15, -0.1) is 0 Å². The van der Waals surface area contributed by atoms with Crippen LogP contribution in [0.2, 0.25) is 0 Å². The molecule has 1 saturated heterocycles. The SMILES string of the molecule is COc1ccccc1[C@@H]1OC(=O)C[C@H]1C(=O)OCCC(F)=C(F)F. The zero-order chi connectivity index (χ0) is 17.7. The number of carbonyl (C=O) groups excluding carboxylic acids is 2. The van der Waals surface area contributed by atoms with Gasteiger partial charge in [0.25, 0.3) is 0 Å². The first-order chi connectivity index (χ1) is 11.4. The Balaban J connectivity index is 2.08. The Labute approximate surface area is 136 Å². The number of carbonyl (C=O) groups is 2. The summed E-state index contributed by atoms with van der Waals surface area (Å²) in [5.74, 6) is -3.56. The van der Waals surface area contributed by atoms with Crippen LogP contribution >= 0.6 is 0 Å². The molecule has 1 fully saturated rings. The van der Waals surface area contributed by atoms with E-state index < -0.39 is 48.9 Å². The van der Waals surface area contributed by atoms with Crippen LogP contribution in [0, 0.1) is 5.92 Å². The third kappa shape index (κ3) is 4.06. The predicted octanol–water partition coefficient (Wildman–Crippen LogP) is 3.31. The number of rotatable bonds is 6. The van der Waals surface area contributed by atoms with Crippen LogP contribution in [0.5, 0.6) is 5.75 Å². The molecule has 0 saturated carbocycles. The summed E-state index contributed by atoms with van der Waals surface area (Å²) in [5.41, 5.74) is 0.494. The summed E-state index contributed by atoms with van der Waals surface area (Å²) in [6.45, 7) is -0.550. The second-order valence-electron chi connectivity index (χ2n) is 5.05. The highest BCUT2D eigenvalue weighted by Crippen LogP contribution is 2.40. The fourth-order valence-electron chi connectivity index (χ4n) is 2.39. The number of hydrogen-bond acceptors (Lipinski definition) is 5. The van der Waals surface area contributed by atoms with Crippen molar-refractivity contribution in [3.05, 3.63) is 41.7 Å². The molecule has 5 nitrogen and oxygen atoms in total. The monoisotopic (exact) mass is 344 g/mol. The summed E-state index contributed by atoms with van der Waals surface area (Å²) in [7, 11) is 1.43. The fraction of sp³-hybridized carbons (Fsp3) is 0.375. The van der Waals surface area contributed by atoms with Gasteiger partial charge in [-0.1, -0.05) is 18.2 Å². The maximum absolute atomic E-state index is 12.7. The van der Waals surface area contributed by atoms with E-state index in [0.29, 0.717) is 11.3 Å². The highest BCUT2D eigenvalue weighted by Gasteiger charge is 2.43. The van der Waals surface area contributed by atoms with Crippen LogP contribution in [-0.2, 0) is 19.1 Å². The van der Waals surface area contributed by atoms with Gasteiger partial charge in [0.05, 0.1) is 20.1 Å². The average Bonchev–Trinajstić information content (AvgIpc) is 2.96. The molecule has 8 heteroatoms. The van der Waals surface area contributed by atoms with Gasteiger partial charge in [-0.3, -0.25) is 9.59 Å². The van der Waals surface area contributed by atoms with Crippen molar-refractivity contribution in [2.45, 2.75) is 18.9 Å². The number of methoxy groups -OCH3 is 1. The second kappa shape index (κ2) is 7.85. The van der Waals surface area contributed by atoms with E-state index in [4.69, 9.17) is 14.2 Å². The van der Waals surface area contributed by atoms with Gasteiger partial charge in [0, 0.05) is 12.0 Å². The molecule has 0 unspecified atom stereocenters. The Kier molecular flexibility index (Phi) is 5.83. The van der Waals surface area contributed by atoms with E-state index in [0.717, 1.165) is 0 Å². The molecule has 1 heterocycles. The minimum Gasteiger partial charge on any atom is -0.496 e. The molecule has 1 aromatic rings. The predicted molar refractivity (Wildman–Crippen MR) is 75.9 cm³/mol. The van der Waals surface area contributed by atoms with E-state index in [1.54, 1.807) is 24.3 Å². The smallest absolute Gasteiger partial charge is 0.313 e. The molecule has 2 atom stereocenters. The Morgan fingerprint density at radius 1 is 1.29 bits per heavy atom. The standard InChI is InChI=1S/C16H15F3O5/c1-22-12-5-3-2-4-9(12)14-10(8-13(20)24-14)16(21)23-7-6-11(17)15(18)19/h2-5,10,14H,6-8H2,1H3/t10-,14+/m1/s1. The van der Waals surface area contributed by atoms with Crippen molar-refractivity contribution < 1.29 is 37.0 Å². The average molecular weight is 344 g/mol. The molecular weight excluding hydrogens is 329 g/mol. The van der Waals surface area contributed by atoms with Crippen molar-refractivity contribution >= 4 is 11.9 Å². The minimum absolute atomic E-state index is 0.211. The van der Waals surface area contributed by atoms with Crippen LogP contribution in [0.4, 0.5) is 13.2 Å². The van der Waals surface area contributed by atoms with Crippen LogP contribution in [-0.4, -0.2) is 25.7 Å². The third-order valence-electron chi connectivity index (χ3n) is 3.53. The molecule has 0 spiro atoms. The number of halogens is 3. The summed E-state index contributed by atoms with van der Waals surface area (Å²) in [5, 5.41) is 0. The molecule has 1 aliphatic heterocycles. The zero-order valence-corrected chi connectivity index (χ0v) is 12.8. The van der Waals surface area contributed by atoms with Gasteiger partial charge in [-0.05, 0) is 6.07 Å². The maximum Gasteiger partial charge on any atom is 0.313 e. The molecule has 0 radical (unpaired) electrons. The Morgan fingerprint density at radius 2 is 2.00 bits per heavy atom. The van der Waals surface area contributed by atoms with Gasteiger partial charge in [-0.2, -0.15) is 8.78 Å². The van der Waals surface area contributed by atoms with Gasteiger partial charge in [0.1, 0.15) is 17.8 Å². The van der Waals surface area contributed by atoms with Crippen LogP contribution < -0.4 is 4.74 Å². The molecule has 0 aromatic heterocycles. The van der Waals surface area contributed by atoms with Crippen molar-refractivity contribution in [3.63, 3.8) is 0 Å². The summed E-state index contributed by atoms with van der Waals surface area (Å²) in [4.78, 5) is 23.7. The number of ether oxygens (including phenoxy) is 3. The number of benzene rings is 1. The van der Waals surface area contributed by atoms with Crippen molar-refractivity contribution in [1.29, 1.82) is 0 Å². The van der Waals surface area contributed by atoms with E-state index in [1.165, 1.54) is 7.11 Å². The van der Waals surface area contributed by atoms with E-state index in [2.05, 4.69) is 0 Å². The van der Waals surface area contributed by atoms with Crippen LogP contribution in [0.3, 0.4) is 0 Å². The van der Waals surface area contributed by atoms with Crippen molar-refractivity contribution in [2.24, 2.45) is 5.92 Å². The highest BCUT2D eigenvalue weighted by atomic mass is 19.3. The van der Waals surface area contributed by atoms with Crippen molar-refractivity contribution in [1.82, 2.24) is 0 Å². The first-order valence-electron chi connectivity index (χ1n) is 7.12. The van der Waals surface area contributed by atoms with Gasteiger partial charge in [-0.25, -0.2) is 4.39 Å². The molecule has 0 N–H and O–H groups in total. The van der Waals surface area contributed by atoms with E-state index >= 15 is 0 Å². The molecule has 0 bridgehead atoms. The first kappa shape index (κ1) is 17.8. The highest BCUT2D eigenvalue weighted by molar-refractivity contribution is 5.84. The van der Waals surface area contributed by atoms with Gasteiger partial charge >= 0.3 is 18.0 Å². The fourth-order valence-corrected chi connectivity index (χ4v) is 2.39. The quantitative estimate of drug-likeness (QED) is 0.741. The zero-order valence-electron chi connectivity index (χ0n) is 12.8. The normalized spacial score (nSPS) is 19.6. The largest absolute Gasteiger partial charge is 0.496 e. The molecule has 0 aliphatic carbocycles. The van der Waals surface area contributed by atoms with Crippen LogP contribution in [0.15, 0.2) is 36.2 Å². The lowest BCUT2D eigenvalue weighted by atomic mass is 9.94. The lowest BCUT2D eigenvalue weighted by Gasteiger charge is -2.19. The summed E-state index contributed by atoms with van der Waals surface area (Å²) in [6.07, 6.45) is -4.29. The number of esters is 2. The molecule has 24 heavy (non-hydrogen) atoms. The maximum atomic E-state index is 12.7. The molecule has 2 rings (SSSR count). The Hall–Kier alpha value is -2.51. The molecule has 130 valence electrons. The number of cyclic esters (lactones) is 1. The Morgan fingerprint density at radius 3 is 2.67 bits per heavy atom. The lowest BCUT2D eigenvalue weighted by Crippen LogP contribution is -2.22. The molecule has 0 amide bonds. The van der Waals surface area contributed by atoms with E-state index in [1.807, 2.05) is 0 Å². The second-order valence-corrected chi connectivity index (χ2v) is 5.05. The van der Waals surface area contributed by atoms with Crippen LogP contribution in [0.1, 0.15) is 24.5 Å². The third-order valence-corrected chi connectivity index (χ3v) is 3.53. The van der Waals surface area contributed by atoms with Gasteiger partial charge in [0.2, 0.25) is 0 Å². The van der Waals surface area contributed by atoms with Crippen molar-refractivity contribution in [3.8, 4) is 5.75 Å². The van der Waals surface area contributed by atoms with Gasteiger partial charge in [0.15, 0.2) is 5.83 Å².